The molecule has 0 saturated carbocycles. The molecule has 1 aromatic heterocycles. The van der Waals surface area contributed by atoms with Crippen LogP contribution in [0.1, 0.15) is 20.8 Å². The summed E-state index contributed by atoms with van der Waals surface area (Å²) in [5, 5.41) is 9.41. The molecule has 0 aliphatic carbocycles. The summed E-state index contributed by atoms with van der Waals surface area (Å²) in [5.74, 6) is -1.49. The average Bonchev–Trinajstić information content (AvgIpc) is 2.71. The Bertz CT molecular complexity index is 616. The van der Waals surface area contributed by atoms with Gasteiger partial charge in [-0.3, -0.25) is 9.59 Å². The molecule has 0 aliphatic rings. The van der Waals surface area contributed by atoms with E-state index in [4.69, 9.17) is 11.5 Å². The number of nitrogens with zero attached hydrogens (tertiary/aromatic N) is 1. The fourth-order valence-corrected chi connectivity index (χ4v) is 1.46. The van der Waals surface area contributed by atoms with Crippen molar-refractivity contribution in [3.63, 3.8) is 0 Å². The Morgan fingerprint density at radius 3 is 2.17 bits per heavy atom. The Labute approximate surface area is 101 Å². The van der Waals surface area contributed by atoms with Crippen LogP contribution < -0.4 is 11.5 Å². The third-order valence-corrected chi connectivity index (χ3v) is 2.36. The lowest BCUT2D eigenvalue weighted by molar-refractivity contribution is 0.0987. The number of carbonyl (C=O) groups excluding carboxylic acids is 2. The number of hydrogen-bond donors (Lipinski definition) is 4. The third-order valence-electron chi connectivity index (χ3n) is 2.36. The normalized spacial score (nSPS) is 10.2. The summed E-state index contributed by atoms with van der Waals surface area (Å²) in [4.78, 5) is 28.2. The number of primary amides is 2. The summed E-state index contributed by atoms with van der Waals surface area (Å²) < 4.78 is 0. The quantitative estimate of drug-likeness (QED) is 0.605. The predicted octanol–water partition coefficient (Wildman–Crippen LogP) is -0.0199. The molecule has 0 radical (unpaired) electrons. The molecule has 1 aromatic carbocycles. The van der Waals surface area contributed by atoms with E-state index in [1.807, 2.05) is 0 Å². The van der Waals surface area contributed by atoms with Gasteiger partial charge >= 0.3 is 0 Å². The Hall–Kier alpha value is -2.83. The molecular weight excluding hydrogens is 236 g/mol. The number of aromatic hydroxyl groups is 1. The largest absolute Gasteiger partial charge is 0.493 e. The molecule has 0 atom stereocenters. The highest BCUT2D eigenvalue weighted by molar-refractivity contribution is 5.94. The summed E-state index contributed by atoms with van der Waals surface area (Å²) in [7, 11) is 0. The van der Waals surface area contributed by atoms with Crippen LogP contribution >= 0.6 is 0 Å². The molecule has 2 rings (SSSR count). The van der Waals surface area contributed by atoms with E-state index in [2.05, 4.69) is 9.97 Å². The van der Waals surface area contributed by atoms with E-state index in [1.54, 1.807) is 12.1 Å². The first-order valence-corrected chi connectivity index (χ1v) is 4.98. The lowest BCUT2D eigenvalue weighted by Gasteiger charge is -1.98. The van der Waals surface area contributed by atoms with Crippen molar-refractivity contribution in [3.8, 4) is 17.3 Å². The van der Waals surface area contributed by atoms with Gasteiger partial charge in [-0.05, 0) is 12.1 Å². The summed E-state index contributed by atoms with van der Waals surface area (Å²) >= 11 is 0. The van der Waals surface area contributed by atoms with Gasteiger partial charge in [0.25, 0.3) is 5.91 Å². The van der Waals surface area contributed by atoms with Crippen LogP contribution in [0.5, 0.6) is 5.88 Å². The van der Waals surface area contributed by atoms with Crippen LogP contribution in [0.15, 0.2) is 24.3 Å². The van der Waals surface area contributed by atoms with Crippen molar-refractivity contribution in [3.05, 3.63) is 35.5 Å². The number of aromatic nitrogens is 2. The first kappa shape index (κ1) is 11.6. The highest BCUT2D eigenvalue weighted by Gasteiger charge is 2.15. The molecule has 0 aliphatic heterocycles. The number of carbonyl (C=O) groups is 2. The van der Waals surface area contributed by atoms with Crippen LogP contribution in [-0.2, 0) is 0 Å². The van der Waals surface area contributed by atoms with Gasteiger partial charge in [-0.25, -0.2) is 4.98 Å². The standard InChI is InChI=1S/C11H10N4O3/c12-8(16)5-1-3-6(4-2-5)10-14-7(9(13)17)11(18)15-10/h1-4,18H,(H2,12,16)(H2,13,17)(H,14,15). The zero-order valence-corrected chi connectivity index (χ0v) is 9.18. The number of rotatable bonds is 3. The van der Waals surface area contributed by atoms with Crippen LogP contribution in [0.2, 0.25) is 0 Å². The summed E-state index contributed by atoms with van der Waals surface area (Å²) in [5.41, 5.74) is 10.8. The van der Waals surface area contributed by atoms with Crippen LogP contribution in [0, 0.1) is 0 Å². The fraction of sp³-hybridized carbons (Fsp3) is 0. The molecule has 0 fully saturated rings. The van der Waals surface area contributed by atoms with Gasteiger partial charge in [0.15, 0.2) is 5.69 Å². The van der Waals surface area contributed by atoms with Gasteiger partial charge in [-0.1, -0.05) is 12.1 Å². The molecule has 18 heavy (non-hydrogen) atoms. The molecule has 2 amide bonds. The first-order chi connectivity index (χ1) is 8.49. The lowest BCUT2D eigenvalue weighted by atomic mass is 10.1. The second-order valence-corrected chi connectivity index (χ2v) is 3.59. The Balaban J connectivity index is 2.40. The van der Waals surface area contributed by atoms with E-state index in [-0.39, 0.29) is 11.5 Å². The van der Waals surface area contributed by atoms with Crippen molar-refractivity contribution >= 4 is 11.8 Å². The maximum atomic E-state index is 10.9. The van der Waals surface area contributed by atoms with E-state index in [0.29, 0.717) is 11.1 Å². The summed E-state index contributed by atoms with van der Waals surface area (Å²) in [6, 6.07) is 6.20. The molecule has 0 bridgehead atoms. The van der Waals surface area contributed by atoms with Crippen molar-refractivity contribution in [2.45, 2.75) is 0 Å². The number of hydrogen-bond acceptors (Lipinski definition) is 4. The molecule has 7 nitrogen and oxygen atoms in total. The second kappa shape index (κ2) is 4.21. The fourth-order valence-electron chi connectivity index (χ4n) is 1.46. The maximum Gasteiger partial charge on any atom is 0.272 e. The van der Waals surface area contributed by atoms with Crippen molar-refractivity contribution in [2.24, 2.45) is 11.5 Å². The van der Waals surface area contributed by atoms with Crippen molar-refractivity contribution in [2.75, 3.05) is 0 Å². The van der Waals surface area contributed by atoms with Crippen molar-refractivity contribution in [1.29, 1.82) is 0 Å². The molecule has 0 saturated heterocycles. The highest BCUT2D eigenvalue weighted by Crippen LogP contribution is 2.21. The van der Waals surface area contributed by atoms with E-state index < -0.39 is 17.7 Å². The topological polar surface area (TPSA) is 135 Å². The maximum absolute atomic E-state index is 10.9. The molecule has 92 valence electrons. The van der Waals surface area contributed by atoms with E-state index in [1.165, 1.54) is 12.1 Å². The molecule has 6 N–H and O–H groups in total. The van der Waals surface area contributed by atoms with Gasteiger partial charge in [0.05, 0.1) is 0 Å². The number of amides is 2. The minimum Gasteiger partial charge on any atom is -0.493 e. The smallest absolute Gasteiger partial charge is 0.272 e. The van der Waals surface area contributed by atoms with Gasteiger partial charge < -0.3 is 21.6 Å². The second-order valence-electron chi connectivity index (χ2n) is 3.59. The van der Waals surface area contributed by atoms with Crippen LogP contribution in [-0.4, -0.2) is 26.9 Å². The SMILES string of the molecule is NC(=O)c1ccc(-c2nc(C(N)=O)c(O)[nH]2)cc1. The lowest BCUT2D eigenvalue weighted by Crippen LogP contribution is -2.11. The van der Waals surface area contributed by atoms with Crippen LogP contribution in [0.3, 0.4) is 0 Å². The Morgan fingerprint density at radius 2 is 1.72 bits per heavy atom. The number of H-pyrrole nitrogens is 1. The monoisotopic (exact) mass is 246 g/mol. The minimum absolute atomic E-state index is 0.232. The Morgan fingerprint density at radius 1 is 1.11 bits per heavy atom. The van der Waals surface area contributed by atoms with E-state index in [0.717, 1.165) is 0 Å². The van der Waals surface area contributed by atoms with Gasteiger partial charge in [0.1, 0.15) is 5.82 Å². The summed E-state index contributed by atoms with van der Waals surface area (Å²) in [6.45, 7) is 0. The average molecular weight is 246 g/mol. The van der Waals surface area contributed by atoms with Gasteiger partial charge in [0.2, 0.25) is 11.8 Å². The predicted molar refractivity (Wildman–Crippen MR) is 62.7 cm³/mol. The van der Waals surface area contributed by atoms with Crippen molar-refractivity contribution in [1.82, 2.24) is 9.97 Å². The molecule has 2 aromatic rings. The number of nitrogens with two attached hydrogens (primary N) is 2. The van der Waals surface area contributed by atoms with Crippen LogP contribution in [0.25, 0.3) is 11.4 Å². The number of imidazole rings is 1. The van der Waals surface area contributed by atoms with Crippen LogP contribution in [0.4, 0.5) is 0 Å². The highest BCUT2D eigenvalue weighted by atomic mass is 16.3. The number of nitrogens with one attached hydrogen (secondary N) is 1. The van der Waals surface area contributed by atoms with E-state index >= 15 is 0 Å². The first-order valence-electron chi connectivity index (χ1n) is 4.98. The molecule has 0 unspecified atom stereocenters. The molecule has 0 spiro atoms. The van der Waals surface area contributed by atoms with Gasteiger partial charge in [-0.2, -0.15) is 0 Å². The number of aromatic amines is 1. The van der Waals surface area contributed by atoms with Gasteiger partial charge in [0, 0.05) is 11.1 Å². The van der Waals surface area contributed by atoms with E-state index in [9.17, 15) is 14.7 Å². The van der Waals surface area contributed by atoms with Crippen molar-refractivity contribution < 1.29 is 14.7 Å². The number of benzene rings is 1. The zero-order chi connectivity index (χ0) is 13.3. The molecular formula is C11H10N4O3. The minimum atomic E-state index is -0.830. The third kappa shape index (κ3) is 2.01. The Kier molecular flexibility index (Phi) is 2.72. The van der Waals surface area contributed by atoms with Gasteiger partial charge in [-0.15, -0.1) is 0 Å². The molecule has 7 heteroatoms. The zero-order valence-electron chi connectivity index (χ0n) is 9.18. The summed E-state index contributed by atoms with van der Waals surface area (Å²) in [6.07, 6.45) is 0. The molecule has 1 heterocycles.